The second kappa shape index (κ2) is 7.25. The maximum Gasteiger partial charge on any atom is 0.392 e. The van der Waals surface area contributed by atoms with Crippen molar-refractivity contribution in [2.24, 2.45) is 17.3 Å². The van der Waals surface area contributed by atoms with Crippen molar-refractivity contribution in [1.82, 2.24) is 4.90 Å². The normalized spacial score (nSPS) is 31.5. The van der Waals surface area contributed by atoms with Crippen LogP contribution in [0.5, 0.6) is 0 Å². The third-order valence-electron chi connectivity index (χ3n) is 7.78. The third-order valence-corrected chi connectivity index (χ3v) is 7.78. The number of piperidine rings is 1. The van der Waals surface area contributed by atoms with Gasteiger partial charge in [0.25, 0.3) is 0 Å². The molecule has 3 aliphatic rings. The number of hydrogen-bond acceptors (Lipinski definition) is 1. The van der Waals surface area contributed by atoms with Gasteiger partial charge in [-0.05, 0) is 41.7 Å². The molecule has 3 unspecified atom stereocenters. The number of fused-ring (bicyclic) bond motifs is 3. The topological polar surface area (TPSA) is 20.3 Å². The molecule has 1 fully saturated rings. The smallest absolute Gasteiger partial charge is 0.319 e. The number of halogens is 3. The molecule has 1 heterocycles. The van der Waals surface area contributed by atoms with Gasteiger partial charge in [0.15, 0.2) is 0 Å². The first kappa shape index (κ1) is 22.2. The molecule has 4 atom stereocenters. The number of carbonyl (C=O) groups is 1. The lowest BCUT2D eigenvalue weighted by atomic mass is 9.56. The van der Waals surface area contributed by atoms with E-state index < -0.39 is 18.0 Å². The van der Waals surface area contributed by atoms with Gasteiger partial charge in [-0.2, -0.15) is 13.2 Å². The second-order valence-corrected chi connectivity index (χ2v) is 10.7. The van der Waals surface area contributed by atoms with E-state index in [0.29, 0.717) is 19.3 Å². The van der Waals surface area contributed by atoms with Crippen LogP contribution in [0.1, 0.15) is 70.4 Å². The molecule has 1 aromatic carbocycles. The zero-order valence-corrected chi connectivity index (χ0v) is 19.0. The Morgan fingerprint density at radius 2 is 1.68 bits per heavy atom. The first-order valence-electron chi connectivity index (χ1n) is 11.2. The molecule has 1 saturated heterocycles. The van der Waals surface area contributed by atoms with Crippen LogP contribution < -0.4 is 0 Å². The van der Waals surface area contributed by atoms with Crippen molar-refractivity contribution in [3.05, 3.63) is 58.8 Å². The summed E-state index contributed by atoms with van der Waals surface area (Å²) in [6.07, 6.45) is 1.25. The summed E-state index contributed by atoms with van der Waals surface area (Å²) >= 11 is 0. The second-order valence-electron chi connectivity index (χ2n) is 10.7. The van der Waals surface area contributed by atoms with E-state index in [2.05, 4.69) is 27.7 Å². The van der Waals surface area contributed by atoms with E-state index in [-0.39, 0.29) is 29.1 Å². The van der Waals surface area contributed by atoms with Crippen molar-refractivity contribution in [3.8, 4) is 0 Å². The maximum atomic E-state index is 14.1. The molecule has 1 aromatic rings. The summed E-state index contributed by atoms with van der Waals surface area (Å²) < 4.78 is 42.4. The Bertz CT molecular complexity index is 935. The van der Waals surface area contributed by atoms with E-state index >= 15 is 0 Å². The Labute approximate surface area is 183 Å². The molecule has 0 radical (unpaired) electrons. The monoisotopic (exact) mass is 431 g/mol. The highest BCUT2D eigenvalue weighted by atomic mass is 19.4. The van der Waals surface area contributed by atoms with Gasteiger partial charge in [0.1, 0.15) is 0 Å². The van der Waals surface area contributed by atoms with Gasteiger partial charge in [-0.15, -0.1) is 0 Å². The predicted octanol–water partition coefficient (Wildman–Crippen LogP) is 6.74. The van der Waals surface area contributed by atoms with Crippen molar-refractivity contribution in [2.45, 2.75) is 70.9 Å². The molecule has 2 aliphatic carbocycles. The maximum absolute atomic E-state index is 14.1. The Balaban J connectivity index is 1.79. The predicted molar refractivity (Wildman–Crippen MR) is 116 cm³/mol. The minimum Gasteiger partial charge on any atom is -0.319 e. The number of hydrogen-bond donors (Lipinski definition) is 0. The minimum atomic E-state index is -4.25. The highest BCUT2D eigenvalue weighted by Crippen LogP contribution is 2.59. The Morgan fingerprint density at radius 1 is 1.03 bits per heavy atom. The van der Waals surface area contributed by atoms with E-state index in [4.69, 9.17) is 0 Å². The van der Waals surface area contributed by atoms with Crippen LogP contribution in [0.25, 0.3) is 0 Å². The highest BCUT2D eigenvalue weighted by Gasteiger charge is 2.54. The average Bonchev–Trinajstić information content (AvgIpc) is 2.69. The Morgan fingerprint density at radius 3 is 2.26 bits per heavy atom. The molecule has 4 rings (SSSR count). The van der Waals surface area contributed by atoms with Crippen molar-refractivity contribution in [2.75, 3.05) is 7.05 Å². The van der Waals surface area contributed by atoms with E-state index in [1.54, 1.807) is 11.9 Å². The van der Waals surface area contributed by atoms with Gasteiger partial charge in [0, 0.05) is 30.5 Å². The lowest BCUT2D eigenvalue weighted by Gasteiger charge is -2.52. The van der Waals surface area contributed by atoms with Crippen molar-refractivity contribution in [3.63, 3.8) is 0 Å². The zero-order valence-electron chi connectivity index (χ0n) is 19.0. The number of carbonyl (C=O) groups excluding carboxylic acids is 1. The summed E-state index contributed by atoms with van der Waals surface area (Å²) in [5.74, 6) is -2.10. The largest absolute Gasteiger partial charge is 0.392 e. The van der Waals surface area contributed by atoms with Crippen LogP contribution in [0.4, 0.5) is 13.2 Å². The van der Waals surface area contributed by atoms with Crippen molar-refractivity contribution in [1.29, 1.82) is 0 Å². The number of allylic oxidation sites excluding steroid dienone is 3. The van der Waals surface area contributed by atoms with Crippen LogP contribution >= 0.6 is 0 Å². The van der Waals surface area contributed by atoms with Crippen LogP contribution in [-0.4, -0.2) is 24.0 Å². The summed E-state index contributed by atoms with van der Waals surface area (Å²) in [6.45, 7) is 8.43. The highest BCUT2D eigenvalue weighted by molar-refractivity contribution is 5.80. The van der Waals surface area contributed by atoms with Crippen LogP contribution in [0.15, 0.2) is 47.7 Å². The molecule has 1 amide bonds. The summed E-state index contributed by atoms with van der Waals surface area (Å²) in [5, 5.41) is 0. The number of likely N-dealkylation sites (tertiary alicyclic amines) is 1. The number of benzene rings is 1. The fourth-order valence-corrected chi connectivity index (χ4v) is 5.99. The van der Waals surface area contributed by atoms with Crippen LogP contribution in [0.2, 0.25) is 0 Å². The molecular weight excluding hydrogens is 399 g/mol. The molecule has 0 N–H and O–H groups in total. The van der Waals surface area contributed by atoms with E-state index in [1.165, 1.54) is 0 Å². The number of nitrogens with zero attached hydrogens (tertiary/aromatic N) is 1. The van der Waals surface area contributed by atoms with E-state index in [0.717, 1.165) is 22.4 Å². The zero-order chi connectivity index (χ0) is 22.8. The Hall–Kier alpha value is -2.04. The van der Waals surface area contributed by atoms with Crippen molar-refractivity contribution < 1.29 is 18.0 Å². The summed E-state index contributed by atoms with van der Waals surface area (Å²) in [4.78, 5) is 14.0. The van der Waals surface area contributed by atoms with Crippen molar-refractivity contribution >= 4 is 5.91 Å². The summed E-state index contributed by atoms with van der Waals surface area (Å²) in [6, 6.07) is 7.79. The van der Waals surface area contributed by atoms with Crippen LogP contribution in [0, 0.1) is 17.3 Å². The van der Waals surface area contributed by atoms with Gasteiger partial charge < -0.3 is 4.90 Å². The molecule has 0 spiro atoms. The SMILES string of the molecule is CN1C(=O)CC[C@]2(C)C3=CCC(C(F)(F)F)C(c4ccc(C(C)(C)C)cc4)C3CC=C12. The number of alkyl halides is 3. The van der Waals surface area contributed by atoms with Gasteiger partial charge in [0.2, 0.25) is 5.91 Å². The van der Waals surface area contributed by atoms with Gasteiger partial charge >= 0.3 is 6.18 Å². The molecule has 2 nitrogen and oxygen atoms in total. The Kier molecular flexibility index (Phi) is 5.18. The van der Waals surface area contributed by atoms with Crippen LogP contribution in [-0.2, 0) is 10.2 Å². The molecular formula is C26H32F3NO. The fourth-order valence-electron chi connectivity index (χ4n) is 5.99. The molecule has 168 valence electrons. The molecule has 1 aliphatic heterocycles. The lowest BCUT2D eigenvalue weighted by Crippen LogP contribution is -2.48. The van der Waals surface area contributed by atoms with E-state index in [9.17, 15) is 18.0 Å². The van der Waals surface area contributed by atoms with Gasteiger partial charge in [-0.3, -0.25) is 4.79 Å². The number of rotatable bonds is 1. The first-order chi connectivity index (χ1) is 14.3. The lowest BCUT2D eigenvalue weighted by molar-refractivity contribution is -0.185. The summed E-state index contributed by atoms with van der Waals surface area (Å²) in [7, 11) is 1.79. The quantitative estimate of drug-likeness (QED) is 0.451. The van der Waals surface area contributed by atoms with Gasteiger partial charge in [-0.25, -0.2) is 0 Å². The fraction of sp³-hybridized carbons (Fsp3) is 0.577. The van der Waals surface area contributed by atoms with Gasteiger partial charge in [0.05, 0.1) is 5.92 Å². The molecule has 0 bridgehead atoms. The minimum absolute atomic E-state index is 0.00154. The molecule has 31 heavy (non-hydrogen) atoms. The number of amides is 1. The van der Waals surface area contributed by atoms with Crippen LogP contribution in [0.3, 0.4) is 0 Å². The molecule has 0 aromatic heterocycles. The molecule has 0 saturated carbocycles. The molecule has 5 heteroatoms. The van der Waals surface area contributed by atoms with E-state index in [1.807, 2.05) is 36.4 Å². The first-order valence-corrected chi connectivity index (χ1v) is 11.2. The average molecular weight is 432 g/mol. The standard InChI is InChI=1S/C26H32F3NO/c1-24(2,3)17-8-6-16(7-9-17)23-18-10-13-21-25(4,15-14-22(31)30(21)5)19(18)11-12-20(23)26(27,28)29/h6-9,11,13,18,20,23H,10,12,14-15H2,1-5H3/t18?,20?,23?,25-/m1/s1. The van der Waals surface area contributed by atoms with Gasteiger partial charge in [-0.1, -0.05) is 69.7 Å². The third kappa shape index (κ3) is 3.64. The summed E-state index contributed by atoms with van der Waals surface area (Å²) in [5.41, 5.74) is 3.53.